The average Bonchev–Trinajstić information content (AvgIpc) is 2.87. The Hall–Kier alpha value is -2.65. The van der Waals surface area contributed by atoms with E-state index in [1.54, 1.807) is 0 Å². The molecule has 0 aliphatic carbocycles. The van der Waals surface area contributed by atoms with Crippen LogP contribution in [-0.2, 0) is 12.7 Å². The van der Waals surface area contributed by atoms with E-state index in [4.69, 9.17) is 0 Å². The second-order valence-corrected chi connectivity index (χ2v) is 9.44. The van der Waals surface area contributed by atoms with Gasteiger partial charge in [0.1, 0.15) is 5.82 Å². The number of aliphatic hydroxyl groups is 1. The minimum atomic E-state index is -4.50. The van der Waals surface area contributed by atoms with E-state index in [-0.39, 0.29) is 36.6 Å². The summed E-state index contributed by atoms with van der Waals surface area (Å²) >= 11 is 0. The van der Waals surface area contributed by atoms with E-state index in [9.17, 15) is 27.5 Å². The van der Waals surface area contributed by atoms with Gasteiger partial charge in [-0.1, -0.05) is 0 Å². The van der Waals surface area contributed by atoms with Crippen LogP contribution in [0, 0.1) is 11.7 Å². The summed E-state index contributed by atoms with van der Waals surface area (Å²) < 4.78 is 52.7. The number of nitrogens with one attached hydrogen (secondary N) is 1. The zero-order valence-electron chi connectivity index (χ0n) is 19.5. The molecule has 0 saturated carbocycles. The fourth-order valence-corrected chi connectivity index (χ4v) is 4.88. The predicted octanol–water partition coefficient (Wildman–Crippen LogP) is 4.45. The fourth-order valence-electron chi connectivity index (χ4n) is 4.88. The lowest BCUT2D eigenvalue weighted by atomic mass is 9.98. The van der Waals surface area contributed by atoms with Gasteiger partial charge in [-0.2, -0.15) is 13.2 Å². The van der Waals surface area contributed by atoms with Gasteiger partial charge in [0, 0.05) is 62.2 Å². The van der Waals surface area contributed by atoms with Crippen molar-refractivity contribution in [2.24, 2.45) is 5.92 Å². The first kappa shape index (κ1) is 25.4. The number of benzene rings is 2. The first-order valence-corrected chi connectivity index (χ1v) is 12.1. The second kappa shape index (κ2) is 11.0. The van der Waals surface area contributed by atoms with Gasteiger partial charge in [-0.05, 0) is 74.1 Å². The number of amides is 1. The molecule has 0 radical (unpaired) electrons. The van der Waals surface area contributed by atoms with E-state index < -0.39 is 17.6 Å². The topological polar surface area (TPSA) is 55.8 Å². The standard InChI is InChI=1S/C26H31F4N3O2/c27-24-8-5-21(26(28,29)30)14-20(24)15-31-22-9-12-32(13-10-22)23-6-3-19(4-7-23)25(35)33-11-1-2-18(16-33)17-34/h3-8,14,18,22,31,34H,1-2,9-13,15-17H2/t18-/m0/s1. The normalized spacial score (nSPS) is 19.7. The van der Waals surface area contributed by atoms with Gasteiger partial charge in [-0.25, -0.2) is 4.39 Å². The number of halogens is 4. The number of carbonyl (C=O) groups is 1. The Labute approximate surface area is 202 Å². The van der Waals surface area contributed by atoms with Crippen molar-refractivity contribution in [2.45, 2.75) is 44.4 Å². The maximum atomic E-state index is 14.0. The van der Waals surface area contributed by atoms with Gasteiger partial charge < -0.3 is 20.2 Å². The number of aliphatic hydroxyl groups excluding tert-OH is 1. The Morgan fingerprint density at radius 1 is 1.03 bits per heavy atom. The van der Waals surface area contributed by atoms with Gasteiger partial charge in [0.05, 0.1) is 5.56 Å². The summed E-state index contributed by atoms with van der Waals surface area (Å²) in [6, 6.07) is 10.1. The Morgan fingerprint density at radius 2 is 1.74 bits per heavy atom. The van der Waals surface area contributed by atoms with E-state index in [2.05, 4.69) is 10.2 Å². The first-order valence-electron chi connectivity index (χ1n) is 12.1. The Bertz CT molecular complexity index is 1000. The smallest absolute Gasteiger partial charge is 0.396 e. The third kappa shape index (κ3) is 6.32. The third-order valence-electron chi connectivity index (χ3n) is 6.99. The zero-order valence-corrected chi connectivity index (χ0v) is 19.5. The van der Waals surface area contributed by atoms with Crippen molar-refractivity contribution in [2.75, 3.05) is 37.7 Å². The van der Waals surface area contributed by atoms with Crippen LogP contribution >= 0.6 is 0 Å². The van der Waals surface area contributed by atoms with Crippen molar-refractivity contribution in [3.8, 4) is 0 Å². The Kier molecular flexibility index (Phi) is 7.96. The number of alkyl halides is 3. The molecule has 2 aromatic carbocycles. The molecule has 0 unspecified atom stereocenters. The van der Waals surface area contributed by atoms with Crippen LogP contribution in [0.15, 0.2) is 42.5 Å². The van der Waals surface area contributed by atoms with Gasteiger partial charge in [-0.15, -0.1) is 0 Å². The summed E-state index contributed by atoms with van der Waals surface area (Å²) in [7, 11) is 0. The van der Waals surface area contributed by atoms with E-state index >= 15 is 0 Å². The Morgan fingerprint density at radius 3 is 2.40 bits per heavy atom. The average molecular weight is 494 g/mol. The van der Waals surface area contributed by atoms with Crippen LogP contribution in [0.2, 0.25) is 0 Å². The highest BCUT2D eigenvalue weighted by molar-refractivity contribution is 5.94. The number of carbonyl (C=O) groups excluding carboxylic acids is 1. The molecule has 5 nitrogen and oxygen atoms in total. The molecule has 1 amide bonds. The number of anilines is 1. The largest absolute Gasteiger partial charge is 0.416 e. The molecule has 2 aromatic rings. The third-order valence-corrected chi connectivity index (χ3v) is 6.99. The van der Waals surface area contributed by atoms with E-state index in [0.29, 0.717) is 18.7 Å². The molecular formula is C26H31F4N3O2. The highest BCUT2D eigenvalue weighted by atomic mass is 19.4. The lowest BCUT2D eigenvalue weighted by Crippen LogP contribution is -2.42. The fraction of sp³-hybridized carbons (Fsp3) is 0.500. The highest BCUT2D eigenvalue weighted by Crippen LogP contribution is 2.30. The van der Waals surface area contributed by atoms with Gasteiger partial charge in [0.2, 0.25) is 0 Å². The summed E-state index contributed by atoms with van der Waals surface area (Å²) in [6.07, 6.45) is -1.10. The molecule has 2 aliphatic heterocycles. The van der Waals surface area contributed by atoms with Crippen molar-refractivity contribution < 1.29 is 27.5 Å². The molecular weight excluding hydrogens is 462 g/mol. The lowest BCUT2D eigenvalue weighted by Gasteiger charge is -2.34. The minimum Gasteiger partial charge on any atom is -0.396 e. The predicted molar refractivity (Wildman–Crippen MR) is 126 cm³/mol. The minimum absolute atomic E-state index is 0.0144. The van der Waals surface area contributed by atoms with Crippen LogP contribution in [-0.4, -0.2) is 54.7 Å². The number of nitrogens with zero attached hydrogens (tertiary/aromatic N) is 2. The lowest BCUT2D eigenvalue weighted by molar-refractivity contribution is -0.137. The molecule has 2 fully saturated rings. The van der Waals surface area contributed by atoms with Crippen molar-refractivity contribution in [1.29, 1.82) is 0 Å². The molecule has 0 bridgehead atoms. The van der Waals surface area contributed by atoms with Crippen LogP contribution in [0.3, 0.4) is 0 Å². The van der Waals surface area contributed by atoms with Crippen molar-refractivity contribution in [1.82, 2.24) is 10.2 Å². The molecule has 2 saturated heterocycles. The van der Waals surface area contributed by atoms with Crippen molar-refractivity contribution in [3.05, 3.63) is 65.0 Å². The molecule has 9 heteroatoms. The molecule has 0 spiro atoms. The summed E-state index contributed by atoms with van der Waals surface area (Å²) in [5.41, 5.74) is 0.810. The number of piperidine rings is 2. The van der Waals surface area contributed by atoms with Crippen molar-refractivity contribution >= 4 is 11.6 Å². The number of hydrogen-bond acceptors (Lipinski definition) is 4. The van der Waals surface area contributed by atoms with Crippen LogP contribution < -0.4 is 10.2 Å². The van der Waals surface area contributed by atoms with Crippen LogP contribution in [0.5, 0.6) is 0 Å². The molecule has 190 valence electrons. The SMILES string of the molecule is O=C(c1ccc(N2CCC(NCc3cc(C(F)(F)F)ccc3F)CC2)cc1)N1CCC[C@H](CO)C1. The second-order valence-electron chi connectivity index (χ2n) is 9.44. The van der Waals surface area contributed by atoms with Crippen molar-refractivity contribution in [3.63, 3.8) is 0 Å². The zero-order chi connectivity index (χ0) is 25.0. The summed E-state index contributed by atoms with van der Waals surface area (Å²) in [5, 5.41) is 12.6. The van der Waals surface area contributed by atoms with Gasteiger partial charge in [0.25, 0.3) is 5.91 Å². The molecule has 0 aromatic heterocycles. The van der Waals surface area contributed by atoms with Gasteiger partial charge in [-0.3, -0.25) is 4.79 Å². The van der Waals surface area contributed by atoms with Gasteiger partial charge in [0.15, 0.2) is 0 Å². The summed E-state index contributed by atoms with van der Waals surface area (Å²) in [4.78, 5) is 16.8. The number of rotatable bonds is 6. The maximum absolute atomic E-state index is 14.0. The van der Waals surface area contributed by atoms with Crippen LogP contribution in [0.1, 0.15) is 47.2 Å². The quantitative estimate of drug-likeness (QED) is 0.584. The monoisotopic (exact) mass is 493 g/mol. The van der Waals surface area contributed by atoms with Gasteiger partial charge >= 0.3 is 6.18 Å². The molecule has 2 N–H and O–H groups in total. The van der Waals surface area contributed by atoms with E-state index in [1.807, 2.05) is 29.2 Å². The molecule has 35 heavy (non-hydrogen) atoms. The first-order chi connectivity index (χ1) is 16.7. The molecule has 2 heterocycles. The molecule has 2 aliphatic rings. The summed E-state index contributed by atoms with van der Waals surface area (Å²) in [5.74, 6) is -0.514. The number of likely N-dealkylation sites (tertiary alicyclic amines) is 1. The molecule has 4 rings (SSSR count). The van der Waals surface area contributed by atoms with E-state index in [1.165, 1.54) is 0 Å². The molecule has 1 atom stereocenters. The van der Waals surface area contributed by atoms with E-state index in [0.717, 1.165) is 62.7 Å². The Balaban J connectivity index is 1.28. The number of hydrogen-bond donors (Lipinski definition) is 2. The summed E-state index contributed by atoms with van der Waals surface area (Å²) in [6.45, 7) is 2.94. The van der Waals surface area contributed by atoms with Crippen LogP contribution in [0.25, 0.3) is 0 Å². The van der Waals surface area contributed by atoms with Crippen LogP contribution in [0.4, 0.5) is 23.2 Å². The highest BCUT2D eigenvalue weighted by Gasteiger charge is 2.31. The maximum Gasteiger partial charge on any atom is 0.416 e.